The molecule has 2 rings (SSSR count). The summed E-state index contributed by atoms with van der Waals surface area (Å²) in [4.78, 5) is 22.3. The van der Waals surface area contributed by atoms with Crippen LogP contribution in [0.4, 0.5) is 5.69 Å². The molecule has 0 aliphatic heterocycles. The number of nitro benzene ring substituents is 1. The minimum Gasteiger partial charge on any atom is -0.299 e. The maximum atomic E-state index is 11.9. The minimum atomic E-state index is -0.418. The summed E-state index contributed by atoms with van der Waals surface area (Å²) in [6.07, 6.45) is 5.44. The van der Waals surface area contributed by atoms with E-state index in [1.807, 2.05) is 0 Å². The van der Waals surface area contributed by atoms with Gasteiger partial charge in [0.25, 0.3) is 5.69 Å². The van der Waals surface area contributed by atoms with Crippen molar-refractivity contribution in [3.05, 3.63) is 39.9 Å². The summed E-state index contributed by atoms with van der Waals surface area (Å²) in [5.74, 6) is 0.622. The van der Waals surface area contributed by atoms with Crippen molar-refractivity contribution in [2.24, 2.45) is 5.92 Å². The van der Waals surface area contributed by atoms with Crippen LogP contribution in [-0.2, 0) is 11.2 Å². The lowest BCUT2D eigenvalue weighted by atomic mass is 9.97. The van der Waals surface area contributed by atoms with Crippen molar-refractivity contribution in [2.45, 2.75) is 38.5 Å². The van der Waals surface area contributed by atoms with Gasteiger partial charge in [0, 0.05) is 24.5 Å². The molecular formula is C14H17NO3. The zero-order chi connectivity index (χ0) is 13.0. The maximum Gasteiger partial charge on any atom is 0.273 e. The van der Waals surface area contributed by atoms with Gasteiger partial charge in [0.2, 0.25) is 0 Å². The first-order chi connectivity index (χ1) is 8.66. The van der Waals surface area contributed by atoms with Gasteiger partial charge in [0.05, 0.1) is 4.92 Å². The average Bonchev–Trinajstić information content (AvgIpc) is 2.82. The molecule has 1 aliphatic rings. The Labute approximate surface area is 106 Å². The Kier molecular flexibility index (Phi) is 4.07. The molecule has 0 heterocycles. The molecule has 1 aromatic carbocycles. The van der Waals surface area contributed by atoms with Crippen molar-refractivity contribution >= 4 is 11.5 Å². The number of rotatable bonds is 5. The monoisotopic (exact) mass is 247 g/mol. The van der Waals surface area contributed by atoms with Crippen molar-refractivity contribution in [3.63, 3.8) is 0 Å². The summed E-state index contributed by atoms with van der Waals surface area (Å²) < 4.78 is 0. The number of para-hydroxylation sites is 1. The highest BCUT2D eigenvalue weighted by atomic mass is 16.6. The smallest absolute Gasteiger partial charge is 0.273 e. The van der Waals surface area contributed by atoms with E-state index in [0.29, 0.717) is 17.9 Å². The molecule has 4 nitrogen and oxygen atoms in total. The molecule has 0 spiro atoms. The summed E-state index contributed by atoms with van der Waals surface area (Å²) in [6.45, 7) is 0. The highest BCUT2D eigenvalue weighted by Gasteiger charge is 2.20. The van der Waals surface area contributed by atoms with Crippen LogP contribution < -0.4 is 0 Å². The van der Waals surface area contributed by atoms with Gasteiger partial charge in [-0.15, -0.1) is 0 Å². The van der Waals surface area contributed by atoms with E-state index in [9.17, 15) is 14.9 Å². The predicted octanol–water partition coefficient (Wildman–Crippen LogP) is 3.29. The third-order valence-electron chi connectivity index (χ3n) is 3.57. The third-order valence-corrected chi connectivity index (χ3v) is 3.57. The highest BCUT2D eigenvalue weighted by Crippen LogP contribution is 2.28. The van der Waals surface area contributed by atoms with Crippen molar-refractivity contribution in [1.29, 1.82) is 0 Å². The Morgan fingerprint density at radius 1 is 1.28 bits per heavy atom. The van der Waals surface area contributed by atoms with Gasteiger partial charge in [-0.1, -0.05) is 43.9 Å². The molecule has 1 saturated carbocycles. The van der Waals surface area contributed by atoms with Crippen molar-refractivity contribution < 1.29 is 9.72 Å². The molecule has 0 N–H and O–H groups in total. The Morgan fingerprint density at radius 3 is 2.61 bits per heavy atom. The lowest BCUT2D eigenvalue weighted by Gasteiger charge is -2.07. The van der Waals surface area contributed by atoms with E-state index in [4.69, 9.17) is 0 Å². The molecule has 0 aromatic heterocycles. The van der Waals surface area contributed by atoms with Gasteiger partial charge in [-0.25, -0.2) is 0 Å². The van der Waals surface area contributed by atoms with E-state index in [0.717, 1.165) is 12.8 Å². The lowest BCUT2D eigenvalue weighted by molar-refractivity contribution is -0.385. The fourth-order valence-corrected chi connectivity index (χ4v) is 2.66. The van der Waals surface area contributed by atoms with Crippen LogP contribution in [0.25, 0.3) is 0 Å². The van der Waals surface area contributed by atoms with Crippen LogP contribution >= 0.6 is 0 Å². The molecule has 1 aliphatic carbocycles. The van der Waals surface area contributed by atoms with Crippen molar-refractivity contribution in [3.8, 4) is 0 Å². The molecule has 0 saturated heterocycles. The Hall–Kier alpha value is -1.71. The van der Waals surface area contributed by atoms with Crippen LogP contribution in [-0.4, -0.2) is 10.7 Å². The first-order valence-corrected chi connectivity index (χ1v) is 6.41. The van der Waals surface area contributed by atoms with Crippen LogP contribution in [0.1, 0.15) is 37.7 Å². The molecule has 4 heteroatoms. The molecule has 96 valence electrons. The Morgan fingerprint density at radius 2 is 1.94 bits per heavy atom. The molecule has 0 atom stereocenters. The van der Waals surface area contributed by atoms with Crippen molar-refractivity contribution in [1.82, 2.24) is 0 Å². The second-order valence-corrected chi connectivity index (χ2v) is 4.96. The third kappa shape index (κ3) is 3.15. The number of nitrogens with zero attached hydrogens (tertiary/aromatic N) is 1. The number of carbonyl (C=O) groups excluding carboxylic acids is 1. The number of hydrogen-bond acceptors (Lipinski definition) is 3. The first kappa shape index (κ1) is 12.7. The van der Waals surface area contributed by atoms with Gasteiger partial charge in [-0.05, 0) is 5.92 Å². The van der Waals surface area contributed by atoms with Gasteiger partial charge in [0.15, 0.2) is 0 Å². The largest absolute Gasteiger partial charge is 0.299 e. The second kappa shape index (κ2) is 5.76. The highest BCUT2D eigenvalue weighted by molar-refractivity contribution is 5.82. The molecule has 18 heavy (non-hydrogen) atoms. The molecule has 0 bridgehead atoms. The standard InChI is InChI=1S/C14H17NO3/c16-13(9-11-5-1-2-6-11)10-12-7-3-4-8-14(12)15(17)18/h3-4,7-8,11H,1-2,5-6,9-10H2. The number of benzene rings is 1. The van der Waals surface area contributed by atoms with Crippen molar-refractivity contribution in [2.75, 3.05) is 0 Å². The molecule has 0 unspecified atom stereocenters. The number of carbonyl (C=O) groups is 1. The molecule has 1 fully saturated rings. The van der Waals surface area contributed by atoms with Crippen LogP contribution in [0, 0.1) is 16.0 Å². The SMILES string of the molecule is O=C(Cc1ccccc1[N+](=O)[O-])CC1CCCC1. The number of nitro groups is 1. The quantitative estimate of drug-likeness (QED) is 0.592. The summed E-state index contributed by atoms with van der Waals surface area (Å²) in [6, 6.07) is 6.50. The number of hydrogen-bond donors (Lipinski definition) is 0. The summed E-state index contributed by atoms with van der Waals surface area (Å²) in [7, 11) is 0. The van der Waals surface area contributed by atoms with E-state index in [-0.39, 0.29) is 17.9 Å². The van der Waals surface area contributed by atoms with Gasteiger partial charge >= 0.3 is 0 Å². The Balaban J connectivity index is 2.00. The van der Waals surface area contributed by atoms with Gasteiger partial charge in [0.1, 0.15) is 5.78 Å². The predicted molar refractivity (Wildman–Crippen MR) is 68.4 cm³/mol. The molecule has 0 amide bonds. The maximum absolute atomic E-state index is 11.9. The minimum absolute atomic E-state index is 0.0530. The zero-order valence-electron chi connectivity index (χ0n) is 10.3. The van der Waals surface area contributed by atoms with Crippen LogP contribution in [0.15, 0.2) is 24.3 Å². The molecule has 0 radical (unpaired) electrons. The summed E-state index contributed by atoms with van der Waals surface area (Å²) in [5.41, 5.74) is 0.586. The molecule has 1 aromatic rings. The van der Waals surface area contributed by atoms with Crippen LogP contribution in [0.2, 0.25) is 0 Å². The van der Waals surface area contributed by atoms with Crippen LogP contribution in [0.3, 0.4) is 0 Å². The topological polar surface area (TPSA) is 60.2 Å². The molecular weight excluding hydrogens is 230 g/mol. The summed E-state index contributed by atoms with van der Waals surface area (Å²) in [5, 5.41) is 10.8. The lowest BCUT2D eigenvalue weighted by Crippen LogP contribution is -2.09. The van der Waals surface area contributed by atoms with E-state index in [1.54, 1.807) is 18.2 Å². The second-order valence-electron chi connectivity index (χ2n) is 4.96. The number of ketones is 1. The fourth-order valence-electron chi connectivity index (χ4n) is 2.66. The van der Waals surface area contributed by atoms with Crippen LogP contribution in [0.5, 0.6) is 0 Å². The van der Waals surface area contributed by atoms with Gasteiger partial charge in [-0.3, -0.25) is 14.9 Å². The van der Waals surface area contributed by atoms with Gasteiger partial charge < -0.3 is 0 Å². The number of Topliss-reactive ketones (excluding diaryl/α,β-unsaturated/α-hetero) is 1. The van der Waals surface area contributed by atoms with E-state index in [2.05, 4.69) is 0 Å². The zero-order valence-corrected chi connectivity index (χ0v) is 10.3. The summed E-state index contributed by atoms with van der Waals surface area (Å²) >= 11 is 0. The Bertz CT molecular complexity index is 450. The van der Waals surface area contributed by atoms with E-state index >= 15 is 0 Å². The van der Waals surface area contributed by atoms with E-state index in [1.165, 1.54) is 18.9 Å². The normalized spacial score (nSPS) is 15.8. The van der Waals surface area contributed by atoms with Gasteiger partial charge in [-0.2, -0.15) is 0 Å². The van der Waals surface area contributed by atoms with E-state index < -0.39 is 4.92 Å². The first-order valence-electron chi connectivity index (χ1n) is 6.41. The fraction of sp³-hybridized carbons (Fsp3) is 0.500. The average molecular weight is 247 g/mol.